The third-order valence-corrected chi connectivity index (χ3v) is 5.61. The molecule has 2 aromatic carbocycles. The second kappa shape index (κ2) is 7.64. The van der Waals surface area contributed by atoms with Gasteiger partial charge in [-0.05, 0) is 56.7 Å². The van der Waals surface area contributed by atoms with Crippen molar-refractivity contribution in [1.29, 1.82) is 0 Å². The number of carbonyl (C=O) groups is 1. The maximum Gasteiger partial charge on any atom is 0.245 e. The number of fused-ring (bicyclic) bond motifs is 2. The number of rotatable bonds is 5. The highest BCUT2D eigenvalue weighted by Crippen LogP contribution is 2.35. The predicted octanol–water partition coefficient (Wildman–Crippen LogP) is 4.01. The zero-order valence-corrected chi connectivity index (χ0v) is 18.2. The number of amides is 1. The normalized spacial score (nSPS) is 17.2. The number of hydrogen-bond donors (Lipinski definition) is 4. The quantitative estimate of drug-likeness (QED) is 0.383. The smallest absolute Gasteiger partial charge is 0.245 e. The summed E-state index contributed by atoms with van der Waals surface area (Å²) >= 11 is 0. The number of nitrogens with zero attached hydrogens (tertiary/aromatic N) is 3. The van der Waals surface area contributed by atoms with Crippen LogP contribution in [0.5, 0.6) is 0 Å². The lowest BCUT2D eigenvalue weighted by atomic mass is 9.96. The summed E-state index contributed by atoms with van der Waals surface area (Å²) < 4.78 is 0. The van der Waals surface area contributed by atoms with E-state index in [1.807, 2.05) is 63.2 Å². The molecule has 0 bridgehead atoms. The van der Waals surface area contributed by atoms with Crippen molar-refractivity contribution in [2.24, 2.45) is 0 Å². The van der Waals surface area contributed by atoms with Crippen LogP contribution in [0.25, 0.3) is 22.3 Å². The predicted molar refractivity (Wildman–Crippen MR) is 126 cm³/mol. The highest BCUT2D eigenvalue weighted by atomic mass is 16.2. The van der Waals surface area contributed by atoms with E-state index in [1.165, 1.54) is 0 Å². The van der Waals surface area contributed by atoms with Gasteiger partial charge in [0, 0.05) is 41.0 Å². The molecule has 0 fully saturated rings. The van der Waals surface area contributed by atoms with Crippen molar-refractivity contribution >= 4 is 34.0 Å². The van der Waals surface area contributed by atoms with Gasteiger partial charge in [0.05, 0.1) is 11.7 Å². The van der Waals surface area contributed by atoms with Crippen LogP contribution >= 0.6 is 0 Å². The Morgan fingerprint density at radius 3 is 2.88 bits per heavy atom. The molecule has 1 atom stereocenters. The van der Waals surface area contributed by atoms with Gasteiger partial charge in [0.1, 0.15) is 11.4 Å². The Labute approximate surface area is 185 Å². The minimum Gasteiger partial charge on any atom is -0.371 e. The highest BCUT2D eigenvalue weighted by Gasteiger charge is 2.39. The summed E-state index contributed by atoms with van der Waals surface area (Å²) in [6.07, 6.45) is 4.17. The first kappa shape index (κ1) is 20.0. The Balaban J connectivity index is 1.38. The van der Waals surface area contributed by atoms with Crippen molar-refractivity contribution in [2.45, 2.75) is 38.8 Å². The molecule has 0 spiro atoms. The van der Waals surface area contributed by atoms with E-state index in [1.54, 1.807) is 12.4 Å². The summed E-state index contributed by atoms with van der Waals surface area (Å²) in [6, 6.07) is 14.0. The molecule has 1 amide bonds. The second-order valence-electron chi connectivity index (χ2n) is 8.70. The van der Waals surface area contributed by atoms with Gasteiger partial charge in [-0.1, -0.05) is 12.1 Å². The minimum atomic E-state index is -0.665. The van der Waals surface area contributed by atoms with Crippen molar-refractivity contribution in [2.75, 3.05) is 10.6 Å². The second-order valence-corrected chi connectivity index (χ2v) is 8.70. The van der Waals surface area contributed by atoms with Crippen LogP contribution in [0, 0.1) is 0 Å². The standard InChI is InChI=1S/C24H25N7O/c1-14(2)27-23(32)24(3)12-16-5-4-15(11-20(16)30-24)22-25-9-8-21(29-22)28-18-6-7-19-17(10-18)13-26-31-19/h4-11,13-14,30H,12H2,1-3H3,(H,26,31)(H,27,32)(H,25,28,29). The molecule has 0 aliphatic carbocycles. The number of nitrogens with one attached hydrogen (secondary N) is 4. The number of H-pyrrole nitrogens is 1. The van der Waals surface area contributed by atoms with E-state index >= 15 is 0 Å². The van der Waals surface area contributed by atoms with E-state index in [9.17, 15) is 4.79 Å². The summed E-state index contributed by atoms with van der Waals surface area (Å²) in [6.45, 7) is 5.86. The van der Waals surface area contributed by atoms with Gasteiger partial charge in [-0.25, -0.2) is 9.97 Å². The van der Waals surface area contributed by atoms with Gasteiger partial charge >= 0.3 is 0 Å². The van der Waals surface area contributed by atoms with Gasteiger partial charge < -0.3 is 16.0 Å². The highest BCUT2D eigenvalue weighted by molar-refractivity contribution is 5.92. The van der Waals surface area contributed by atoms with Crippen LogP contribution in [-0.2, 0) is 11.2 Å². The fourth-order valence-corrected chi connectivity index (χ4v) is 4.00. The molecule has 8 nitrogen and oxygen atoms in total. The third kappa shape index (κ3) is 3.75. The van der Waals surface area contributed by atoms with Crippen molar-refractivity contribution in [3.8, 4) is 11.4 Å². The van der Waals surface area contributed by atoms with E-state index in [4.69, 9.17) is 0 Å². The molecule has 8 heteroatoms. The summed E-state index contributed by atoms with van der Waals surface area (Å²) in [4.78, 5) is 21.8. The lowest BCUT2D eigenvalue weighted by Gasteiger charge is -2.25. The van der Waals surface area contributed by atoms with E-state index in [0.717, 1.165) is 33.4 Å². The maximum atomic E-state index is 12.7. The van der Waals surface area contributed by atoms with E-state index in [0.29, 0.717) is 18.1 Å². The van der Waals surface area contributed by atoms with Crippen LogP contribution in [0.2, 0.25) is 0 Å². The Morgan fingerprint density at radius 2 is 2.03 bits per heavy atom. The Bertz CT molecular complexity index is 1310. The molecule has 32 heavy (non-hydrogen) atoms. The monoisotopic (exact) mass is 427 g/mol. The number of aromatic nitrogens is 4. The topological polar surface area (TPSA) is 108 Å². The molecular weight excluding hydrogens is 402 g/mol. The van der Waals surface area contributed by atoms with Gasteiger partial charge in [0.25, 0.3) is 0 Å². The largest absolute Gasteiger partial charge is 0.371 e. The van der Waals surface area contributed by atoms with E-state index in [-0.39, 0.29) is 11.9 Å². The summed E-state index contributed by atoms with van der Waals surface area (Å²) in [5, 5.41) is 17.8. The zero-order chi connectivity index (χ0) is 22.3. The average Bonchev–Trinajstić information content (AvgIpc) is 3.36. The lowest BCUT2D eigenvalue weighted by molar-refractivity contribution is -0.125. The fraction of sp³-hybridized carbons (Fsp3) is 0.250. The molecule has 4 aromatic rings. The zero-order valence-electron chi connectivity index (χ0n) is 18.2. The summed E-state index contributed by atoms with van der Waals surface area (Å²) in [7, 11) is 0. The molecule has 5 rings (SSSR count). The maximum absolute atomic E-state index is 12.7. The van der Waals surface area contributed by atoms with Crippen molar-refractivity contribution < 1.29 is 4.79 Å². The number of aromatic amines is 1. The lowest BCUT2D eigenvalue weighted by Crippen LogP contribution is -2.51. The molecule has 1 aliphatic heterocycles. The van der Waals surface area contributed by atoms with Crippen molar-refractivity contribution in [3.63, 3.8) is 0 Å². The van der Waals surface area contributed by atoms with Crippen LogP contribution in [0.3, 0.4) is 0 Å². The molecule has 0 radical (unpaired) electrons. The summed E-state index contributed by atoms with van der Waals surface area (Å²) in [5.41, 5.74) is 4.18. The van der Waals surface area contributed by atoms with Crippen molar-refractivity contribution in [3.05, 3.63) is 60.4 Å². The number of hydrogen-bond acceptors (Lipinski definition) is 6. The van der Waals surface area contributed by atoms with Crippen LogP contribution in [0.4, 0.5) is 17.2 Å². The van der Waals surface area contributed by atoms with Gasteiger partial charge in [-0.15, -0.1) is 0 Å². The van der Waals surface area contributed by atoms with Crippen LogP contribution in [0.15, 0.2) is 54.9 Å². The van der Waals surface area contributed by atoms with Gasteiger partial charge in [0.15, 0.2) is 5.82 Å². The molecule has 0 saturated carbocycles. The van der Waals surface area contributed by atoms with E-state index < -0.39 is 5.54 Å². The molecule has 3 heterocycles. The van der Waals surface area contributed by atoms with Crippen LogP contribution in [0.1, 0.15) is 26.3 Å². The van der Waals surface area contributed by atoms with E-state index in [2.05, 4.69) is 36.1 Å². The Kier molecular flexibility index (Phi) is 4.77. The number of benzene rings is 2. The summed E-state index contributed by atoms with van der Waals surface area (Å²) in [5.74, 6) is 1.32. The molecule has 1 unspecified atom stereocenters. The molecule has 162 valence electrons. The number of anilines is 3. The number of carbonyl (C=O) groups excluding carboxylic acids is 1. The average molecular weight is 428 g/mol. The molecular formula is C24H25N7O. The first-order chi connectivity index (χ1) is 15.4. The Hall–Kier alpha value is -3.94. The third-order valence-electron chi connectivity index (χ3n) is 5.61. The minimum absolute atomic E-state index is 0.00212. The molecule has 1 aliphatic rings. The first-order valence-electron chi connectivity index (χ1n) is 10.7. The van der Waals surface area contributed by atoms with Crippen LogP contribution in [-0.4, -0.2) is 37.7 Å². The molecule has 0 saturated heterocycles. The van der Waals surface area contributed by atoms with Gasteiger partial charge in [-0.3, -0.25) is 9.89 Å². The first-order valence-corrected chi connectivity index (χ1v) is 10.7. The molecule has 4 N–H and O–H groups in total. The molecule has 2 aromatic heterocycles. The van der Waals surface area contributed by atoms with Gasteiger partial charge in [-0.2, -0.15) is 5.10 Å². The van der Waals surface area contributed by atoms with Gasteiger partial charge in [0.2, 0.25) is 5.91 Å². The van der Waals surface area contributed by atoms with Crippen molar-refractivity contribution in [1.82, 2.24) is 25.5 Å². The SMILES string of the molecule is CC(C)NC(=O)C1(C)Cc2ccc(-c3nccc(Nc4ccc5[nH]ncc5c4)n3)cc2N1. The fourth-order valence-electron chi connectivity index (χ4n) is 4.00. The van der Waals surface area contributed by atoms with Crippen LogP contribution < -0.4 is 16.0 Å². The Morgan fingerprint density at radius 1 is 1.16 bits per heavy atom.